The first-order valence-corrected chi connectivity index (χ1v) is 6.63. The Morgan fingerprint density at radius 3 is 2.89 bits per heavy atom. The van der Waals surface area contributed by atoms with E-state index in [0.717, 1.165) is 12.3 Å². The molecule has 0 saturated carbocycles. The fourth-order valence-electron chi connectivity index (χ4n) is 2.10. The highest BCUT2D eigenvalue weighted by Crippen LogP contribution is 2.15. The van der Waals surface area contributed by atoms with Gasteiger partial charge in [-0.25, -0.2) is 0 Å². The summed E-state index contributed by atoms with van der Waals surface area (Å²) in [7, 11) is 1.96. The molecule has 0 aliphatic carbocycles. The van der Waals surface area contributed by atoms with Crippen LogP contribution in [0.3, 0.4) is 0 Å². The second-order valence-electron chi connectivity index (χ2n) is 4.56. The Morgan fingerprint density at radius 1 is 1.37 bits per heavy atom. The standard InChI is InChI=1S/C15H21N3O/c1-4-19-14-7-5-6-13(10-14)11-16-12(2)15-8-9-17-18(15)3/h5-10,12,16H,4,11H2,1-3H3. The molecule has 2 rings (SSSR count). The maximum Gasteiger partial charge on any atom is 0.119 e. The van der Waals surface area contributed by atoms with Gasteiger partial charge >= 0.3 is 0 Å². The molecule has 0 spiro atoms. The molecule has 0 radical (unpaired) electrons. The van der Waals surface area contributed by atoms with Gasteiger partial charge in [0.25, 0.3) is 0 Å². The Kier molecular flexibility index (Phi) is 4.58. The van der Waals surface area contributed by atoms with Crippen LogP contribution < -0.4 is 10.1 Å². The van der Waals surface area contributed by atoms with E-state index in [-0.39, 0.29) is 6.04 Å². The van der Waals surface area contributed by atoms with E-state index in [2.05, 4.69) is 29.5 Å². The number of nitrogens with zero attached hydrogens (tertiary/aromatic N) is 2. The van der Waals surface area contributed by atoms with Crippen LogP contribution in [0.4, 0.5) is 0 Å². The molecule has 1 heterocycles. The number of hydrogen-bond donors (Lipinski definition) is 1. The Bertz CT molecular complexity index is 522. The second-order valence-corrected chi connectivity index (χ2v) is 4.56. The van der Waals surface area contributed by atoms with Gasteiger partial charge in [-0.05, 0) is 37.6 Å². The van der Waals surface area contributed by atoms with Crippen LogP contribution in [0.2, 0.25) is 0 Å². The van der Waals surface area contributed by atoms with Crippen molar-refractivity contribution in [3.8, 4) is 5.75 Å². The minimum Gasteiger partial charge on any atom is -0.494 e. The van der Waals surface area contributed by atoms with Gasteiger partial charge in [-0.3, -0.25) is 4.68 Å². The summed E-state index contributed by atoms with van der Waals surface area (Å²) in [6.07, 6.45) is 1.82. The van der Waals surface area contributed by atoms with E-state index in [9.17, 15) is 0 Å². The Hall–Kier alpha value is -1.81. The van der Waals surface area contributed by atoms with Crippen molar-refractivity contribution in [3.05, 3.63) is 47.8 Å². The van der Waals surface area contributed by atoms with Crippen LogP contribution in [0.15, 0.2) is 36.5 Å². The van der Waals surface area contributed by atoms with Crippen molar-refractivity contribution in [2.75, 3.05) is 6.61 Å². The minimum atomic E-state index is 0.267. The van der Waals surface area contributed by atoms with Crippen LogP contribution in [0.1, 0.15) is 31.1 Å². The number of rotatable bonds is 6. The molecule has 1 N–H and O–H groups in total. The summed E-state index contributed by atoms with van der Waals surface area (Å²) in [5.74, 6) is 0.926. The fraction of sp³-hybridized carbons (Fsp3) is 0.400. The second kappa shape index (κ2) is 6.38. The molecule has 102 valence electrons. The van der Waals surface area contributed by atoms with Crippen molar-refractivity contribution in [1.29, 1.82) is 0 Å². The van der Waals surface area contributed by atoms with E-state index in [0.29, 0.717) is 6.61 Å². The largest absolute Gasteiger partial charge is 0.494 e. The molecule has 4 heteroatoms. The number of aryl methyl sites for hydroxylation is 1. The molecule has 2 aromatic rings. The van der Waals surface area contributed by atoms with E-state index in [1.165, 1.54) is 11.3 Å². The molecular weight excluding hydrogens is 238 g/mol. The third-order valence-electron chi connectivity index (χ3n) is 3.12. The highest BCUT2D eigenvalue weighted by Gasteiger charge is 2.08. The van der Waals surface area contributed by atoms with E-state index in [4.69, 9.17) is 4.74 Å². The van der Waals surface area contributed by atoms with Crippen molar-refractivity contribution in [3.63, 3.8) is 0 Å². The van der Waals surface area contributed by atoms with E-state index in [1.54, 1.807) is 0 Å². The van der Waals surface area contributed by atoms with Crippen molar-refractivity contribution in [1.82, 2.24) is 15.1 Å². The predicted octanol–water partition coefficient (Wildman–Crippen LogP) is 2.67. The molecule has 19 heavy (non-hydrogen) atoms. The van der Waals surface area contributed by atoms with Crippen LogP contribution in [0, 0.1) is 0 Å². The van der Waals surface area contributed by atoms with Crippen molar-refractivity contribution in [2.45, 2.75) is 26.4 Å². The Morgan fingerprint density at radius 2 is 2.21 bits per heavy atom. The van der Waals surface area contributed by atoms with Gasteiger partial charge < -0.3 is 10.1 Å². The summed E-state index contributed by atoms with van der Waals surface area (Å²) in [6, 6.07) is 10.5. The maximum absolute atomic E-state index is 5.50. The molecule has 1 unspecified atom stereocenters. The number of ether oxygens (including phenoxy) is 1. The minimum absolute atomic E-state index is 0.267. The molecule has 0 aliphatic rings. The van der Waals surface area contributed by atoms with Crippen LogP contribution in [0.5, 0.6) is 5.75 Å². The normalized spacial score (nSPS) is 12.4. The average Bonchev–Trinajstić information content (AvgIpc) is 2.83. The van der Waals surface area contributed by atoms with Gasteiger partial charge in [-0.1, -0.05) is 12.1 Å². The molecule has 0 fully saturated rings. The third-order valence-corrected chi connectivity index (χ3v) is 3.12. The molecule has 1 aromatic carbocycles. The lowest BCUT2D eigenvalue weighted by Gasteiger charge is -2.14. The lowest BCUT2D eigenvalue weighted by atomic mass is 10.2. The summed E-state index contributed by atoms with van der Waals surface area (Å²) in [6.45, 7) is 5.65. The van der Waals surface area contributed by atoms with Gasteiger partial charge in [0.2, 0.25) is 0 Å². The highest BCUT2D eigenvalue weighted by atomic mass is 16.5. The molecule has 0 saturated heterocycles. The first-order valence-electron chi connectivity index (χ1n) is 6.63. The average molecular weight is 259 g/mol. The summed E-state index contributed by atoms with van der Waals surface area (Å²) >= 11 is 0. The summed E-state index contributed by atoms with van der Waals surface area (Å²) in [5.41, 5.74) is 2.40. The number of hydrogen-bond acceptors (Lipinski definition) is 3. The number of aromatic nitrogens is 2. The van der Waals surface area contributed by atoms with Crippen LogP contribution in [-0.4, -0.2) is 16.4 Å². The molecular formula is C15H21N3O. The first kappa shape index (κ1) is 13.6. The van der Waals surface area contributed by atoms with Crippen LogP contribution in [0.25, 0.3) is 0 Å². The topological polar surface area (TPSA) is 39.1 Å². The number of nitrogens with one attached hydrogen (secondary N) is 1. The summed E-state index contributed by atoms with van der Waals surface area (Å²) in [4.78, 5) is 0. The van der Waals surface area contributed by atoms with E-state index < -0.39 is 0 Å². The Labute approximate surface area is 114 Å². The van der Waals surface area contributed by atoms with Crippen molar-refractivity contribution in [2.24, 2.45) is 7.05 Å². The van der Waals surface area contributed by atoms with E-state index >= 15 is 0 Å². The van der Waals surface area contributed by atoms with Gasteiger partial charge in [-0.15, -0.1) is 0 Å². The molecule has 4 nitrogen and oxygen atoms in total. The Balaban J connectivity index is 1.95. The van der Waals surface area contributed by atoms with Gasteiger partial charge in [0, 0.05) is 25.8 Å². The van der Waals surface area contributed by atoms with Gasteiger partial charge in [0.1, 0.15) is 5.75 Å². The maximum atomic E-state index is 5.50. The summed E-state index contributed by atoms with van der Waals surface area (Å²) in [5, 5.41) is 7.68. The van der Waals surface area contributed by atoms with Crippen LogP contribution in [-0.2, 0) is 13.6 Å². The zero-order valence-corrected chi connectivity index (χ0v) is 11.8. The van der Waals surface area contributed by atoms with Gasteiger partial charge in [0.15, 0.2) is 0 Å². The lowest BCUT2D eigenvalue weighted by Crippen LogP contribution is -2.20. The molecule has 1 aromatic heterocycles. The van der Waals surface area contributed by atoms with Crippen molar-refractivity contribution >= 4 is 0 Å². The highest BCUT2D eigenvalue weighted by molar-refractivity contribution is 5.28. The lowest BCUT2D eigenvalue weighted by molar-refractivity contribution is 0.339. The zero-order chi connectivity index (χ0) is 13.7. The molecule has 0 amide bonds. The summed E-state index contributed by atoms with van der Waals surface area (Å²) < 4.78 is 7.40. The van der Waals surface area contributed by atoms with Gasteiger partial charge in [-0.2, -0.15) is 5.10 Å². The predicted molar refractivity (Wildman–Crippen MR) is 76.1 cm³/mol. The first-order chi connectivity index (χ1) is 9.20. The third kappa shape index (κ3) is 3.58. The molecule has 0 aliphatic heterocycles. The molecule has 0 bridgehead atoms. The molecule has 1 atom stereocenters. The van der Waals surface area contributed by atoms with Crippen molar-refractivity contribution < 1.29 is 4.74 Å². The SMILES string of the molecule is CCOc1cccc(CNC(C)c2ccnn2C)c1. The fourth-order valence-corrected chi connectivity index (χ4v) is 2.10. The number of benzene rings is 1. The quantitative estimate of drug-likeness (QED) is 0.867. The van der Waals surface area contributed by atoms with Crippen LogP contribution >= 0.6 is 0 Å². The van der Waals surface area contributed by atoms with Gasteiger partial charge in [0.05, 0.1) is 12.3 Å². The smallest absolute Gasteiger partial charge is 0.119 e. The zero-order valence-electron chi connectivity index (χ0n) is 11.8. The van der Waals surface area contributed by atoms with E-state index in [1.807, 2.05) is 43.0 Å². The monoisotopic (exact) mass is 259 g/mol.